The lowest BCUT2D eigenvalue weighted by atomic mass is 9.99. The Kier molecular flexibility index (Phi) is 9.41. The van der Waals surface area contributed by atoms with Crippen molar-refractivity contribution in [3.05, 3.63) is 36.0 Å². The molecule has 0 bridgehead atoms. The summed E-state index contributed by atoms with van der Waals surface area (Å²) in [4.78, 5) is 10.4. The first-order chi connectivity index (χ1) is 8.10. The molecule has 0 aromatic carbocycles. The van der Waals surface area contributed by atoms with E-state index in [0.717, 1.165) is 32.0 Å². The second kappa shape index (κ2) is 10.1. The van der Waals surface area contributed by atoms with Crippen molar-refractivity contribution in [1.82, 2.24) is 0 Å². The van der Waals surface area contributed by atoms with Crippen LogP contribution in [0.3, 0.4) is 0 Å². The predicted octanol–water partition coefficient (Wildman–Crippen LogP) is 4.85. The fourth-order valence-corrected chi connectivity index (χ4v) is 1.69. The van der Waals surface area contributed by atoms with Gasteiger partial charge in [0.05, 0.1) is 0 Å². The van der Waals surface area contributed by atoms with Gasteiger partial charge in [-0.25, -0.2) is 0 Å². The van der Waals surface area contributed by atoms with Crippen LogP contribution in [0.15, 0.2) is 36.0 Å². The molecule has 0 rings (SSSR count). The van der Waals surface area contributed by atoms with Gasteiger partial charge < -0.3 is 4.79 Å². The van der Waals surface area contributed by atoms with Crippen LogP contribution in [0, 0.1) is 5.92 Å². The second-order valence-corrected chi connectivity index (χ2v) is 4.85. The minimum atomic E-state index is 0.342. The first-order valence-electron chi connectivity index (χ1n) is 6.45. The van der Waals surface area contributed by atoms with Crippen LogP contribution in [0.2, 0.25) is 0 Å². The molecular formula is C16H26O. The summed E-state index contributed by atoms with van der Waals surface area (Å²) in [7, 11) is 0. The van der Waals surface area contributed by atoms with E-state index in [2.05, 4.69) is 39.5 Å². The topological polar surface area (TPSA) is 17.1 Å². The third-order valence-corrected chi connectivity index (χ3v) is 2.85. The Hall–Kier alpha value is -1.11. The summed E-state index contributed by atoms with van der Waals surface area (Å²) >= 11 is 0. The average Bonchev–Trinajstić information content (AvgIpc) is 2.27. The summed E-state index contributed by atoms with van der Waals surface area (Å²) in [5.74, 6) is 0.342. The normalized spacial score (nSPS) is 13.0. The van der Waals surface area contributed by atoms with E-state index in [1.807, 2.05) is 6.08 Å². The summed E-state index contributed by atoms with van der Waals surface area (Å²) in [5.41, 5.74) is 2.83. The molecule has 96 valence electrons. The molecule has 0 aliphatic rings. The predicted molar refractivity (Wildman–Crippen MR) is 76.0 cm³/mol. The minimum absolute atomic E-state index is 0.342. The molecule has 0 aliphatic carbocycles. The van der Waals surface area contributed by atoms with Crippen molar-refractivity contribution in [1.29, 1.82) is 0 Å². The SMILES string of the molecule is C=CC(CC=O)CC/C=C(\C)CCC=C(C)C. The number of allylic oxidation sites excluding steroid dienone is 5. The smallest absolute Gasteiger partial charge is 0.120 e. The molecule has 17 heavy (non-hydrogen) atoms. The van der Waals surface area contributed by atoms with Crippen LogP contribution in [0.5, 0.6) is 0 Å². The fourth-order valence-electron chi connectivity index (χ4n) is 1.69. The van der Waals surface area contributed by atoms with E-state index in [4.69, 9.17) is 0 Å². The Morgan fingerprint density at radius 1 is 1.18 bits per heavy atom. The molecule has 0 N–H and O–H groups in total. The highest BCUT2D eigenvalue weighted by Crippen LogP contribution is 2.14. The van der Waals surface area contributed by atoms with E-state index in [-0.39, 0.29) is 0 Å². The van der Waals surface area contributed by atoms with Crippen LogP contribution >= 0.6 is 0 Å². The van der Waals surface area contributed by atoms with Crippen molar-refractivity contribution in [2.75, 3.05) is 0 Å². The van der Waals surface area contributed by atoms with E-state index in [0.29, 0.717) is 12.3 Å². The Morgan fingerprint density at radius 2 is 1.88 bits per heavy atom. The van der Waals surface area contributed by atoms with E-state index in [1.165, 1.54) is 11.1 Å². The van der Waals surface area contributed by atoms with Crippen molar-refractivity contribution in [3.8, 4) is 0 Å². The number of aldehydes is 1. The Balaban J connectivity index is 3.86. The zero-order valence-electron chi connectivity index (χ0n) is 11.5. The maximum Gasteiger partial charge on any atom is 0.120 e. The summed E-state index contributed by atoms with van der Waals surface area (Å²) in [6.45, 7) is 10.2. The summed E-state index contributed by atoms with van der Waals surface area (Å²) in [5, 5.41) is 0. The van der Waals surface area contributed by atoms with Crippen molar-refractivity contribution in [2.24, 2.45) is 5.92 Å². The maximum absolute atomic E-state index is 10.4. The molecule has 0 saturated carbocycles. The number of carbonyl (C=O) groups excluding carboxylic acids is 1. The molecule has 0 spiro atoms. The lowest BCUT2D eigenvalue weighted by Crippen LogP contribution is -1.96. The highest BCUT2D eigenvalue weighted by molar-refractivity contribution is 5.50. The van der Waals surface area contributed by atoms with Gasteiger partial charge in [-0.1, -0.05) is 29.4 Å². The highest BCUT2D eigenvalue weighted by atomic mass is 16.1. The van der Waals surface area contributed by atoms with Gasteiger partial charge in [0, 0.05) is 6.42 Å². The molecule has 0 aliphatic heterocycles. The Morgan fingerprint density at radius 3 is 2.41 bits per heavy atom. The van der Waals surface area contributed by atoms with Gasteiger partial charge in [-0.05, 0) is 52.4 Å². The van der Waals surface area contributed by atoms with E-state index in [1.54, 1.807) is 0 Å². The van der Waals surface area contributed by atoms with Crippen molar-refractivity contribution < 1.29 is 4.79 Å². The van der Waals surface area contributed by atoms with Gasteiger partial charge in [0.15, 0.2) is 0 Å². The van der Waals surface area contributed by atoms with Crippen LogP contribution in [0.4, 0.5) is 0 Å². The zero-order valence-corrected chi connectivity index (χ0v) is 11.5. The molecule has 1 heteroatoms. The fraction of sp³-hybridized carbons (Fsp3) is 0.562. The quantitative estimate of drug-likeness (QED) is 0.411. The summed E-state index contributed by atoms with van der Waals surface area (Å²) in [6, 6.07) is 0. The van der Waals surface area contributed by atoms with Gasteiger partial charge in [0.1, 0.15) is 6.29 Å². The third-order valence-electron chi connectivity index (χ3n) is 2.85. The number of carbonyl (C=O) groups is 1. The summed E-state index contributed by atoms with van der Waals surface area (Å²) < 4.78 is 0. The van der Waals surface area contributed by atoms with Crippen LogP contribution in [-0.4, -0.2) is 6.29 Å². The molecule has 1 unspecified atom stereocenters. The van der Waals surface area contributed by atoms with E-state index in [9.17, 15) is 4.79 Å². The van der Waals surface area contributed by atoms with Gasteiger partial charge in [0.25, 0.3) is 0 Å². The van der Waals surface area contributed by atoms with E-state index >= 15 is 0 Å². The lowest BCUT2D eigenvalue weighted by molar-refractivity contribution is -0.108. The molecule has 0 saturated heterocycles. The van der Waals surface area contributed by atoms with Gasteiger partial charge in [-0.15, -0.1) is 6.58 Å². The minimum Gasteiger partial charge on any atom is -0.303 e. The summed E-state index contributed by atoms with van der Waals surface area (Å²) in [6.07, 6.45) is 12.4. The van der Waals surface area contributed by atoms with Crippen LogP contribution < -0.4 is 0 Å². The van der Waals surface area contributed by atoms with Crippen molar-refractivity contribution in [2.45, 2.75) is 52.9 Å². The first-order valence-corrected chi connectivity index (χ1v) is 6.45. The van der Waals surface area contributed by atoms with Crippen LogP contribution in [0.1, 0.15) is 52.9 Å². The third kappa shape index (κ3) is 9.80. The first kappa shape index (κ1) is 15.9. The van der Waals surface area contributed by atoms with Crippen molar-refractivity contribution in [3.63, 3.8) is 0 Å². The second-order valence-electron chi connectivity index (χ2n) is 4.85. The molecule has 0 fully saturated rings. The molecule has 0 radical (unpaired) electrons. The zero-order chi connectivity index (χ0) is 13.1. The van der Waals surface area contributed by atoms with Gasteiger partial charge in [-0.2, -0.15) is 0 Å². The van der Waals surface area contributed by atoms with Gasteiger partial charge in [-0.3, -0.25) is 0 Å². The molecule has 0 heterocycles. The lowest BCUT2D eigenvalue weighted by Gasteiger charge is -2.06. The molecule has 0 aromatic rings. The Bertz CT molecular complexity index is 280. The van der Waals surface area contributed by atoms with Crippen LogP contribution in [-0.2, 0) is 4.79 Å². The van der Waals surface area contributed by atoms with Gasteiger partial charge in [0.2, 0.25) is 0 Å². The largest absolute Gasteiger partial charge is 0.303 e. The Labute approximate surface area is 106 Å². The number of hydrogen-bond donors (Lipinski definition) is 0. The highest BCUT2D eigenvalue weighted by Gasteiger charge is 2.01. The maximum atomic E-state index is 10.4. The van der Waals surface area contributed by atoms with Gasteiger partial charge >= 0.3 is 0 Å². The standard InChI is InChI=1S/C16H26O/c1-5-16(12-13-17)11-7-10-15(4)9-6-8-14(2)3/h5,8,10,13,16H,1,6-7,9,11-12H2,2-4H3/b15-10+. The monoisotopic (exact) mass is 234 g/mol. The number of rotatable bonds is 9. The van der Waals surface area contributed by atoms with Crippen LogP contribution in [0.25, 0.3) is 0 Å². The molecule has 1 atom stereocenters. The molecule has 0 amide bonds. The average molecular weight is 234 g/mol. The molecule has 1 nitrogen and oxygen atoms in total. The van der Waals surface area contributed by atoms with E-state index < -0.39 is 0 Å². The van der Waals surface area contributed by atoms with Crippen molar-refractivity contribution >= 4 is 6.29 Å². The molecule has 0 aromatic heterocycles. The molecular weight excluding hydrogens is 208 g/mol. The number of hydrogen-bond acceptors (Lipinski definition) is 1.